The molecule has 87 heavy (non-hydrogen) atoms. The number of hydrogen-bond donors (Lipinski definition) is 14. The number of fused-ring (bicyclic) bond motifs is 1. The molecule has 466 valence electrons. The van der Waals surface area contributed by atoms with Gasteiger partial charge in [-0.2, -0.15) is 0 Å². The third-order valence-electron chi connectivity index (χ3n) is 14.8. The quantitative estimate of drug-likeness (QED) is 0.0237. The molecule has 0 unspecified atom stereocenters. The third-order valence-corrected chi connectivity index (χ3v) is 14.8. The van der Waals surface area contributed by atoms with Crippen molar-refractivity contribution < 1.29 is 67.4 Å². The number of H-pyrrole nitrogens is 1. The Bertz CT molecular complexity index is 3210. The molecule has 0 saturated carbocycles. The first-order valence-electron chi connectivity index (χ1n) is 28.3. The van der Waals surface area contributed by atoms with Gasteiger partial charge in [-0.05, 0) is 66.5 Å². The number of carbonyl (C=O) groups excluding carboxylic acids is 13. The topological polar surface area (TPSA) is 479 Å². The van der Waals surface area contributed by atoms with Gasteiger partial charge in [0.2, 0.25) is 76.8 Å². The minimum Gasteiger partial charge on any atom is -0.508 e. The molecule has 3 heterocycles. The number of phenols is 1. The average Bonchev–Trinajstić information content (AvgIpc) is 3.67. The van der Waals surface area contributed by atoms with Crippen LogP contribution < -0.4 is 65.9 Å². The fourth-order valence-corrected chi connectivity index (χ4v) is 10.4. The molecule has 0 aliphatic carbocycles. The van der Waals surface area contributed by atoms with Gasteiger partial charge in [-0.15, -0.1) is 0 Å². The van der Waals surface area contributed by atoms with Gasteiger partial charge in [0.25, 0.3) is 0 Å². The second kappa shape index (κ2) is 30.8. The Kier molecular flexibility index (Phi) is 23.4. The number of nitrogens with zero attached hydrogens (tertiary/aromatic N) is 2. The zero-order valence-electron chi connectivity index (χ0n) is 48.1. The smallest absolute Gasteiger partial charge is 0.246 e. The molecule has 2 aliphatic heterocycles. The van der Waals surface area contributed by atoms with E-state index in [1.807, 2.05) is 24.3 Å². The number of likely N-dealkylation sites (tertiary alicyclic amines) is 2. The van der Waals surface area contributed by atoms with Crippen LogP contribution in [0.5, 0.6) is 5.75 Å². The monoisotopic (exact) mass is 1210 g/mol. The predicted octanol–water partition coefficient (Wildman–Crippen LogP) is -4.00. The number of rotatable bonds is 30. The van der Waals surface area contributed by atoms with Crippen molar-refractivity contribution in [1.82, 2.24) is 52.0 Å². The van der Waals surface area contributed by atoms with Gasteiger partial charge in [-0.1, -0.05) is 74.5 Å². The van der Waals surface area contributed by atoms with Crippen molar-refractivity contribution >= 4 is 87.7 Å². The van der Waals surface area contributed by atoms with E-state index in [0.717, 1.165) is 15.8 Å². The first-order chi connectivity index (χ1) is 41.3. The number of nitrogens with two attached hydrogens (primary N) is 5. The number of hydrogen-bond acceptors (Lipinski definition) is 15. The molecule has 3 aromatic carbocycles. The van der Waals surface area contributed by atoms with Crippen molar-refractivity contribution in [3.63, 3.8) is 0 Å². The summed E-state index contributed by atoms with van der Waals surface area (Å²) in [5, 5.41) is 28.9. The maximum Gasteiger partial charge on any atom is 0.246 e. The molecule has 1 aromatic heterocycles. The van der Waals surface area contributed by atoms with Gasteiger partial charge in [-0.25, -0.2) is 0 Å². The van der Waals surface area contributed by atoms with E-state index in [-0.39, 0.29) is 57.4 Å². The number of aromatic nitrogens is 1. The number of para-hydroxylation sites is 1. The number of amides is 13. The Morgan fingerprint density at radius 2 is 1.02 bits per heavy atom. The van der Waals surface area contributed by atoms with E-state index in [2.05, 4.69) is 42.2 Å². The number of aromatic amines is 1. The molecule has 2 saturated heterocycles. The lowest BCUT2D eigenvalue weighted by Gasteiger charge is -2.31. The minimum atomic E-state index is -1.74. The van der Waals surface area contributed by atoms with Crippen molar-refractivity contribution in [3.8, 4) is 5.75 Å². The van der Waals surface area contributed by atoms with E-state index in [1.54, 1.807) is 50.4 Å². The van der Waals surface area contributed by atoms with Crippen LogP contribution in [-0.2, 0) is 81.6 Å². The number of benzene rings is 3. The summed E-state index contributed by atoms with van der Waals surface area (Å²) in [4.78, 5) is 180. The van der Waals surface area contributed by atoms with Crippen LogP contribution in [0.15, 0.2) is 85.1 Å². The van der Waals surface area contributed by atoms with Crippen molar-refractivity contribution in [2.24, 2.45) is 34.6 Å². The lowest BCUT2D eigenvalue weighted by atomic mass is 9.99. The highest BCUT2D eigenvalue weighted by atomic mass is 16.3. The minimum absolute atomic E-state index is 0.0176. The zero-order valence-corrected chi connectivity index (χ0v) is 48.1. The van der Waals surface area contributed by atoms with Crippen LogP contribution in [0.1, 0.15) is 75.5 Å². The highest BCUT2D eigenvalue weighted by Crippen LogP contribution is 2.24. The number of phenolic OH excluding ortho intramolecular Hbond substituents is 1. The van der Waals surface area contributed by atoms with Gasteiger partial charge >= 0.3 is 0 Å². The third kappa shape index (κ3) is 18.8. The van der Waals surface area contributed by atoms with Gasteiger partial charge in [0.05, 0.1) is 31.8 Å². The summed E-state index contributed by atoms with van der Waals surface area (Å²) < 4.78 is 0. The molecule has 0 radical (unpaired) electrons. The summed E-state index contributed by atoms with van der Waals surface area (Å²) in [5.41, 5.74) is 29.6. The highest BCUT2D eigenvalue weighted by Gasteiger charge is 2.43. The van der Waals surface area contributed by atoms with Crippen LogP contribution in [0.2, 0.25) is 0 Å². The van der Waals surface area contributed by atoms with Crippen molar-refractivity contribution in [1.29, 1.82) is 0 Å². The molecule has 9 atom stereocenters. The maximum atomic E-state index is 15.0. The Hall–Kier alpha value is -9.93. The molecule has 4 aromatic rings. The second-order valence-corrected chi connectivity index (χ2v) is 21.8. The summed E-state index contributed by atoms with van der Waals surface area (Å²) >= 11 is 0. The summed E-state index contributed by atoms with van der Waals surface area (Å²) in [5.74, 6) is -12.5. The Morgan fingerprint density at radius 3 is 1.61 bits per heavy atom. The van der Waals surface area contributed by atoms with Crippen molar-refractivity contribution in [2.75, 3.05) is 19.6 Å². The second-order valence-electron chi connectivity index (χ2n) is 21.8. The summed E-state index contributed by atoms with van der Waals surface area (Å²) in [6, 6.07) is 8.68. The average molecular weight is 1210 g/mol. The summed E-state index contributed by atoms with van der Waals surface area (Å²) in [6.07, 6.45) is -0.0126. The molecule has 29 heteroatoms. The molecule has 0 spiro atoms. The van der Waals surface area contributed by atoms with Gasteiger partial charge in [0.1, 0.15) is 54.1 Å². The standard InChI is InChI=1S/C58H75N15O14/c1-30(2)49(71-53(82)40(26-46(61)76)67-55(84)44-15-9-21-73(44)58(87)42(27-47(62)77)69-50(79)36(59)25-45(60)75)56(85)68-38(22-31-10-4-3-5-11-31)52(81)70-41(23-32-16-18-34(74)19-17-32)57(86)72-20-8-14-43(72)54(83)66-39(51(80)65-29-48(63)78)24-33-28-64-37-13-7-6-12-35(33)37/h3-7,10-13,16-19,28,30,36,38-44,49,64,74H,8-9,14-15,20-27,29,59H2,1-2H3,(H2,60,75)(H2,61,76)(H2,62,77)(H2,63,78)(H,65,80)(H,66,83)(H,67,84)(H,68,85)(H,69,79)(H,70,81)(H,71,82)/t36-,38-,39-,40-,41-,42-,43-,44-,49-/m0/s1. The van der Waals surface area contributed by atoms with E-state index < -0.39 is 163 Å². The van der Waals surface area contributed by atoms with E-state index in [0.29, 0.717) is 23.1 Å². The largest absolute Gasteiger partial charge is 0.508 e. The van der Waals surface area contributed by atoms with Crippen LogP contribution in [0.25, 0.3) is 10.9 Å². The fourth-order valence-electron chi connectivity index (χ4n) is 10.4. The molecule has 29 nitrogen and oxygen atoms in total. The lowest BCUT2D eigenvalue weighted by Crippen LogP contribution is -2.61. The van der Waals surface area contributed by atoms with E-state index in [4.69, 9.17) is 28.7 Å². The van der Waals surface area contributed by atoms with Crippen LogP contribution in [0, 0.1) is 5.92 Å². The molecule has 2 fully saturated rings. The maximum absolute atomic E-state index is 15.0. The summed E-state index contributed by atoms with van der Waals surface area (Å²) in [6.45, 7) is 2.61. The number of nitrogens with one attached hydrogen (secondary N) is 8. The van der Waals surface area contributed by atoms with Crippen LogP contribution in [0.3, 0.4) is 0 Å². The van der Waals surface area contributed by atoms with Gasteiger partial charge in [0.15, 0.2) is 0 Å². The van der Waals surface area contributed by atoms with Crippen molar-refractivity contribution in [2.45, 2.75) is 132 Å². The fraction of sp³-hybridized carbons (Fsp3) is 0.431. The predicted molar refractivity (Wildman–Crippen MR) is 311 cm³/mol. The molecule has 0 bridgehead atoms. The Morgan fingerprint density at radius 1 is 0.529 bits per heavy atom. The summed E-state index contributed by atoms with van der Waals surface area (Å²) in [7, 11) is 0. The highest BCUT2D eigenvalue weighted by molar-refractivity contribution is 6.01. The van der Waals surface area contributed by atoms with Gasteiger partial charge in [0, 0.05) is 49.5 Å². The van der Waals surface area contributed by atoms with Crippen LogP contribution in [0.4, 0.5) is 0 Å². The van der Waals surface area contributed by atoms with Crippen molar-refractivity contribution in [3.05, 3.63) is 102 Å². The van der Waals surface area contributed by atoms with Gasteiger partial charge < -0.3 is 85.8 Å². The molecule has 2 aliphatic rings. The molecule has 6 rings (SSSR count). The molecule has 19 N–H and O–H groups in total. The lowest BCUT2D eigenvalue weighted by molar-refractivity contribution is -0.143. The van der Waals surface area contributed by atoms with Crippen LogP contribution >= 0.6 is 0 Å². The van der Waals surface area contributed by atoms with Gasteiger partial charge in [-0.3, -0.25) is 62.3 Å². The van der Waals surface area contributed by atoms with E-state index in [1.165, 1.54) is 29.2 Å². The number of carbonyl (C=O) groups is 13. The van der Waals surface area contributed by atoms with E-state index in [9.17, 15) is 67.4 Å². The SMILES string of the molecule is CC(C)[C@H](NC(=O)[C@H](CC(N)=O)NC(=O)[C@@H]1CCCN1C(=O)[C@H](CC(N)=O)NC(=O)[C@@H](N)CC(N)=O)C(=O)N[C@@H](Cc1ccccc1)C(=O)N[C@@H](Cc1ccc(O)cc1)C(=O)N1CCC[C@H]1C(=O)N[C@@H](Cc1c[nH]c2ccccc12)C(=O)NCC(N)=O. The first-order valence-corrected chi connectivity index (χ1v) is 28.3. The Balaban J connectivity index is 1.21. The first kappa shape index (κ1) is 66.2. The normalized spacial score (nSPS) is 17.1. The van der Waals surface area contributed by atoms with Crippen LogP contribution in [-0.4, -0.2) is 171 Å². The zero-order chi connectivity index (χ0) is 63.6. The number of aromatic hydroxyl groups is 1. The molecular formula is C58H75N15O14. The number of primary amides is 4. The molecule has 13 amide bonds. The molecular weight excluding hydrogens is 1130 g/mol. The van der Waals surface area contributed by atoms with E-state index >= 15 is 0 Å². The Labute approximate surface area is 499 Å².